The third kappa shape index (κ3) is 3.49. The summed E-state index contributed by atoms with van der Waals surface area (Å²) in [4.78, 5) is 15.0. The van der Waals surface area contributed by atoms with Gasteiger partial charge in [-0.1, -0.05) is 12.1 Å². The third-order valence-electron chi connectivity index (χ3n) is 3.34. The first-order valence-electron chi connectivity index (χ1n) is 6.98. The molecular formula is C17H15NO5. The summed E-state index contributed by atoms with van der Waals surface area (Å²) in [6.45, 7) is 0.844. The minimum Gasteiger partial charge on any atom is -0.497 e. The molecule has 3 aromatic rings. The number of aromatic nitrogens is 1. The zero-order valence-corrected chi connectivity index (χ0v) is 12.5. The van der Waals surface area contributed by atoms with Gasteiger partial charge in [0.25, 0.3) is 0 Å². The van der Waals surface area contributed by atoms with E-state index in [0.717, 1.165) is 16.9 Å². The molecule has 118 valence electrons. The fourth-order valence-corrected chi connectivity index (χ4v) is 2.17. The van der Waals surface area contributed by atoms with Crippen LogP contribution in [0.1, 0.15) is 21.7 Å². The lowest BCUT2D eigenvalue weighted by Gasteiger charge is -2.05. The maximum Gasteiger partial charge on any atom is 0.371 e. The van der Waals surface area contributed by atoms with Gasteiger partial charge in [-0.25, -0.2) is 9.78 Å². The number of methoxy groups -OCH3 is 1. The molecular weight excluding hydrogens is 298 g/mol. The van der Waals surface area contributed by atoms with Gasteiger partial charge in [-0.2, -0.15) is 0 Å². The number of pyridine rings is 1. The second-order valence-corrected chi connectivity index (χ2v) is 4.99. The van der Waals surface area contributed by atoms with E-state index in [1.165, 1.54) is 6.07 Å². The number of furan rings is 1. The van der Waals surface area contributed by atoms with E-state index in [-0.39, 0.29) is 5.76 Å². The van der Waals surface area contributed by atoms with E-state index in [1.54, 1.807) is 13.3 Å². The van der Waals surface area contributed by atoms with Gasteiger partial charge in [0.05, 0.1) is 20.3 Å². The van der Waals surface area contributed by atoms with Crippen molar-refractivity contribution in [1.82, 2.24) is 4.98 Å². The molecule has 0 aliphatic heterocycles. The lowest BCUT2D eigenvalue weighted by molar-refractivity contribution is 0.0664. The molecule has 3 rings (SSSR count). The average Bonchev–Trinajstić information content (AvgIpc) is 2.99. The Kier molecular flexibility index (Phi) is 4.25. The number of rotatable bonds is 6. The monoisotopic (exact) mass is 313 g/mol. The van der Waals surface area contributed by atoms with Crippen LogP contribution in [0.3, 0.4) is 0 Å². The normalized spacial score (nSPS) is 10.8. The molecule has 0 saturated carbocycles. The molecule has 0 radical (unpaired) electrons. The van der Waals surface area contributed by atoms with Crippen LogP contribution in [-0.2, 0) is 18.0 Å². The number of carboxylic acids is 1. The largest absolute Gasteiger partial charge is 0.497 e. The number of ether oxygens (including phenoxy) is 2. The summed E-state index contributed by atoms with van der Waals surface area (Å²) in [7, 11) is 1.63. The van der Waals surface area contributed by atoms with Crippen LogP contribution in [0.5, 0.6) is 5.75 Å². The van der Waals surface area contributed by atoms with Gasteiger partial charge in [0.1, 0.15) is 5.75 Å². The zero-order chi connectivity index (χ0) is 16.2. The van der Waals surface area contributed by atoms with E-state index in [9.17, 15) is 4.79 Å². The Morgan fingerprint density at radius 3 is 2.61 bits per heavy atom. The highest BCUT2D eigenvalue weighted by Gasteiger charge is 2.11. The van der Waals surface area contributed by atoms with Gasteiger partial charge in [-0.3, -0.25) is 0 Å². The van der Waals surface area contributed by atoms with Crippen molar-refractivity contribution in [2.24, 2.45) is 0 Å². The van der Waals surface area contributed by atoms with Crippen molar-refractivity contribution in [3.63, 3.8) is 0 Å². The number of benzene rings is 1. The van der Waals surface area contributed by atoms with Crippen LogP contribution in [0.4, 0.5) is 0 Å². The number of hydrogen-bond donors (Lipinski definition) is 1. The molecule has 0 spiro atoms. The van der Waals surface area contributed by atoms with Crippen molar-refractivity contribution in [3.8, 4) is 5.75 Å². The second kappa shape index (κ2) is 6.50. The van der Waals surface area contributed by atoms with Gasteiger partial charge < -0.3 is 19.0 Å². The van der Waals surface area contributed by atoms with E-state index in [1.807, 2.05) is 30.3 Å². The summed E-state index contributed by atoms with van der Waals surface area (Å²) in [5.41, 5.74) is 2.20. The molecule has 1 N–H and O–H groups in total. The van der Waals surface area contributed by atoms with Crippen molar-refractivity contribution in [3.05, 3.63) is 59.5 Å². The molecule has 0 aliphatic carbocycles. The standard InChI is InChI=1S/C17H15NO5/c1-21-14-4-2-11(3-5-14)9-22-10-12-6-13-7-15(17(19)20)23-16(13)18-8-12/h2-8H,9-10H2,1H3,(H,19,20). The maximum atomic E-state index is 10.9. The smallest absolute Gasteiger partial charge is 0.371 e. The van der Waals surface area contributed by atoms with Crippen molar-refractivity contribution in [2.75, 3.05) is 7.11 Å². The van der Waals surface area contributed by atoms with Gasteiger partial charge in [-0.05, 0) is 29.3 Å². The van der Waals surface area contributed by atoms with Gasteiger partial charge in [0, 0.05) is 17.6 Å². The molecule has 0 fully saturated rings. The van der Waals surface area contributed by atoms with Crippen LogP contribution >= 0.6 is 0 Å². The molecule has 0 aliphatic rings. The van der Waals surface area contributed by atoms with Crippen molar-refractivity contribution >= 4 is 17.1 Å². The zero-order valence-electron chi connectivity index (χ0n) is 12.5. The van der Waals surface area contributed by atoms with Crippen molar-refractivity contribution in [2.45, 2.75) is 13.2 Å². The number of carbonyl (C=O) groups is 1. The number of hydrogen-bond acceptors (Lipinski definition) is 5. The SMILES string of the molecule is COc1ccc(COCc2cnc3oc(C(=O)O)cc3c2)cc1. The lowest BCUT2D eigenvalue weighted by atomic mass is 10.2. The Bertz CT molecular complexity index is 823. The molecule has 1 aromatic carbocycles. The van der Waals surface area contributed by atoms with Gasteiger partial charge in [0.2, 0.25) is 11.5 Å². The Labute approximate surface area is 132 Å². The maximum absolute atomic E-state index is 10.9. The van der Waals surface area contributed by atoms with E-state index < -0.39 is 5.97 Å². The molecule has 6 nitrogen and oxygen atoms in total. The topological polar surface area (TPSA) is 81.8 Å². The number of carboxylic acid groups (broad SMARTS) is 1. The molecule has 2 aromatic heterocycles. The molecule has 2 heterocycles. The quantitative estimate of drug-likeness (QED) is 0.752. The van der Waals surface area contributed by atoms with Crippen LogP contribution in [0.15, 0.2) is 47.0 Å². The van der Waals surface area contributed by atoms with Crippen molar-refractivity contribution < 1.29 is 23.8 Å². The van der Waals surface area contributed by atoms with Gasteiger partial charge >= 0.3 is 5.97 Å². The summed E-state index contributed by atoms with van der Waals surface area (Å²) in [6.07, 6.45) is 1.62. The highest BCUT2D eigenvalue weighted by molar-refractivity contribution is 5.90. The Morgan fingerprint density at radius 2 is 1.91 bits per heavy atom. The average molecular weight is 313 g/mol. The van der Waals surface area contributed by atoms with Crippen LogP contribution in [0, 0.1) is 0 Å². The molecule has 0 saturated heterocycles. The lowest BCUT2D eigenvalue weighted by Crippen LogP contribution is -1.95. The third-order valence-corrected chi connectivity index (χ3v) is 3.34. The summed E-state index contributed by atoms with van der Waals surface area (Å²) < 4.78 is 15.9. The molecule has 6 heteroatoms. The molecule has 0 amide bonds. The minimum absolute atomic E-state index is 0.121. The molecule has 0 atom stereocenters. The first kappa shape index (κ1) is 15.1. The fourth-order valence-electron chi connectivity index (χ4n) is 2.17. The van der Waals surface area contributed by atoms with Crippen molar-refractivity contribution in [1.29, 1.82) is 0 Å². The van der Waals surface area contributed by atoms with Crippen LogP contribution in [0.25, 0.3) is 11.1 Å². The molecule has 0 unspecified atom stereocenters. The number of aromatic carboxylic acids is 1. The summed E-state index contributed by atoms with van der Waals surface area (Å²) >= 11 is 0. The number of nitrogens with zero attached hydrogens (tertiary/aromatic N) is 1. The Morgan fingerprint density at radius 1 is 1.17 bits per heavy atom. The first-order valence-corrected chi connectivity index (χ1v) is 6.98. The van der Waals surface area contributed by atoms with Crippen LogP contribution < -0.4 is 4.74 Å². The van der Waals surface area contributed by atoms with Crippen LogP contribution in [0.2, 0.25) is 0 Å². The van der Waals surface area contributed by atoms with Gasteiger partial charge in [-0.15, -0.1) is 0 Å². The van der Waals surface area contributed by atoms with E-state index >= 15 is 0 Å². The Hall–Kier alpha value is -2.86. The second-order valence-electron chi connectivity index (χ2n) is 4.99. The first-order chi connectivity index (χ1) is 11.2. The highest BCUT2D eigenvalue weighted by atomic mass is 16.5. The number of fused-ring (bicyclic) bond motifs is 1. The molecule has 0 bridgehead atoms. The fraction of sp³-hybridized carbons (Fsp3) is 0.176. The van der Waals surface area contributed by atoms with E-state index in [0.29, 0.717) is 24.3 Å². The summed E-state index contributed by atoms with van der Waals surface area (Å²) in [5, 5.41) is 9.55. The molecule has 23 heavy (non-hydrogen) atoms. The van der Waals surface area contributed by atoms with E-state index in [2.05, 4.69) is 4.98 Å². The van der Waals surface area contributed by atoms with Gasteiger partial charge in [0.15, 0.2) is 0 Å². The predicted molar refractivity (Wildman–Crippen MR) is 82.5 cm³/mol. The van der Waals surface area contributed by atoms with Crippen LogP contribution in [-0.4, -0.2) is 23.2 Å². The minimum atomic E-state index is -1.11. The Balaban J connectivity index is 1.63. The summed E-state index contributed by atoms with van der Waals surface area (Å²) in [5.74, 6) is -0.429. The predicted octanol–water partition coefficient (Wildman–Crippen LogP) is 3.25. The van der Waals surface area contributed by atoms with E-state index in [4.69, 9.17) is 19.0 Å². The highest BCUT2D eigenvalue weighted by Crippen LogP contribution is 2.19. The summed E-state index contributed by atoms with van der Waals surface area (Å²) in [6, 6.07) is 10.9.